The third-order valence-corrected chi connectivity index (χ3v) is 5.89. The fourth-order valence-corrected chi connectivity index (χ4v) is 4.35. The number of hydrogen-bond acceptors (Lipinski definition) is 8. The fraction of sp³-hybridized carbons (Fsp3) is 0.192. The predicted octanol–water partition coefficient (Wildman–Crippen LogP) is 4.16. The van der Waals surface area contributed by atoms with Crippen LogP contribution in [0, 0.1) is 0 Å². The van der Waals surface area contributed by atoms with E-state index in [9.17, 15) is 9.59 Å². The number of pyridine rings is 1. The quantitative estimate of drug-likeness (QED) is 0.319. The second kappa shape index (κ2) is 8.55. The first-order chi connectivity index (χ1) is 16.5. The number of benzene rings is 2. The Morgan fingerprint density at radius 1 is 0.971 bits per heavy atom. The van der Waals surface area contributed by atoms with Crippen LogP contribution in [0.1, 0.15) is 39.4 Å². The van der Waals surface area contributed by atoms with Crippen LogP contribution in [-0.2, 0) is 4.79 Å². The van der Waals surface area contributed by atoms with Crippen LogP contribution < -0.4 is 23.7 Å². The number of fused-ring (bicyclic) bond motifs is 3. The highest BCUT2D eigenvalue weighted by atomic mass is 16.5. The number of esters is 1. The molecule has 8 heteroatoms. The van der Waals surface area contributed by atoms with Gasteiger partial charge < -0.3 is 23.7 Å². The van der Waals surface area contributed by atoms with E-state index in [2.05, 4.69) is 4.98 Å². The highest BCUT2D eigenvalue weighted by Crippen LogP contribution is 2.49. The monoisotopic (exact) mass is 459 g/mol. The fourth-order valence-electron chi connectivity index (χ4n) is 4.35. The molecule has 0 N–H and O–H groups in total. The molecule has 0 amide bonds. The van der Waals surface area contributed by atoms with Crippen molar-refractivity contribution in [3.63, 3.8) is 0 Å². The maximum Gasteiger partial charge on any atom is 0.312 e. The summed E-state index contributed by atoms with van der Waals surface area (Å²) in [5.41, 5.74) is 2.47. The summed E-state index contributed by atoms with van der Waals surface area (Å²) in [5.74, 6) is 1.22. The van der Waals surface area contributed by atoms with Gasteiger partial charge in [-0.15, -0.1) is 0 Å². The van der Waals surface area contributed by atoms with Gasteiger partial charge in [-0.05, 0) is 42.0 Å². The minimum atomic E-state index is -0.351. The number of ketones is 1. The van der Waals surface area contributed by atoms with Gasteiger partial charge in [-0.25, -0.2) is 0 Å². The second-order valence-electron chi connectivity index (χ2n) is 7.73. The van der Waals surface area contributed by atoms with Gasteiger partial charge >= 0.3 is 5.97 Å². The number of ether oxygens (including phenoxy) is 5. The molecule has 1 atom stereocenters. The number of Topliss-reactive ketones (excluding diaryl/α,β-unsaturated/α-hetero) is 1. The number of rotatable bonds is 5. The Labute approximate surface area is 195 Å². The third kappa shape index (κ3) is 3.44. The highest BCUT2D eigenvalue weighted by molar-refractivity contribution is 6.15. The summed E-state index contributed by atoms with van der Waals surface area (Å²) < 4.78 is 27.9. The van der Waals surface area contributed by atoms with Crippen molar-refractivity contribution in [1.29, 1.82) is 0 Å². The van der Waals surface area contributed by atoms with Crippen molar-refractivity contribution >= 4 is 17.8 Å². The summed E-state index contributed by atoms with van der Waals surface area (Å²) >= 11 is 0. The summed E-state index contributed by atoms with van der Waals surface area (Å²) in [7, 11) is 4.55. The molecule has 0 radical (unpaired) electrons. The summed E-state index contributed by atoms with van der Waals surface area (Å²) in [6, 6.07) is 10.4. The summed E-state index contributed by atoms with van der Waals surface area (Å²) in [5, 5.41) is 0. The lowest BCUT2D eigenvalue weighted by atomic mass is 9.85. The molecule has 0 saturated carbocycles. The topological polar surface area (TPSA) is 93.2 Å². The van der Waals surface area contributed by atoms with E-state index in [1.165, 1.54) is 21.3 Å². The van der Waals surface area contributed by atoms with Gasteiger partial charge in [0.1, 0.15) is 11.5 Å². The van der Waals surface area contributed by atoms with E-state index in [0.29, 0.717) is 45.4 Å². The number of allylic oxidation sites excluding steroid dienone is 1. The summed E-state index contributed by atoms with van der Waals surface area (Å²) in [6.45, 7) is 0. The molecule has 172 valence electrons. The molecule has 0 bridgehead atoms. The molecule has 1 aromatic heterocycles. The Hall–Kier alpha value is -4.33. The number of nitrogens with zero attached hydrogens (tertiary/aromatic N) is 1. The molecule has 34 heavy (non-hydrogen) atoms. The molecule has 3 aromatic rings. The SMILES string of the molecule is COc1ccc(/C=C2\Oc3c(ccc4c3[C@H](c3cccnc3)CC(=O)O4)C2=O)c(OC)c1OC. The van der Waals surface area contributed by atoms with E-state index < -0.39 is 0 Å². The number of methoxy groups -OCH3 is 3. The van der Waals surface area contributed by atoms with Crippen molar-refractivity contribution in [2.75, 3.05) is 21.3 Å². The van der Waals surface area contributed by atoms with Crippen LogP contribution in [0.4, 0.5) is 0 Å². The first kappa shape index (κ1) is 21.5. The zero-order valence-corrected chi connectivity index (χ0v) is 18.8. The Morgan fingerprint density at radius 2 is 1.79 bits per heavy atom. The Kier molecular flexibility index (Phi) is 5.41. The molecular weight excluding hydrogens is 438 g/mol. The lowest BCUT2D eigenvalue weighted by Crippen LogP contribution is -2.21. The van der Waals surface area contributed by atoms with Crippen LogP contribution in [-0.4, -0.2) is 38.1 Å². The molecule has 0 unspecified atom stereocenters. The summed E-state index contributed by atoms with van der Waals surface area (Å²) in [4.78, 5) is 29.7. The standard InChI is InChI=1S/C26H21NO7/c1-30-19-8-6-14(24(31-2)26(19)32-3)11-20-23(29)16-7-9-18-22(25(16)34-20)17(12-21(28)33-18)15-5-4-10-27-13-15/h4-11,13,17H,12H2,1-3H3/b20-11-/t17-/m0/s1. The maximum atomic E-state index is 13.3. The van der Waals surface area contributed by atoms with Gasteiger partial charge in [-0.2, -0.15) is 0 Å². The van der Waals surface area contributed by atoms with Gasteiger partial charge in [0.05, 0.1) is 33.3 Å². The second-order valence-corrected chi connectivity index (χ2v) is 7.73. The molecule has 2 aliphatic heterocycles. The number of aromatic nitrogens is 1. The lowest BCUT2D eigenvalue weighted by molar-refractivity contribution is -0.135. The first-order valence-electron chi connectivity index (χ1n) is 10.6. The van der Waals surface area contributed by atoms with Crippen LogP contribution in [0.25, 0.3) is 6.08 Å². The Morgan fingerprint density at radius 3 is 2.50 bits per heavy atom. The molecule has 2 aromatic carbocycles. The van der Waals surface area contributed by atoms with Gasteiger partial charge in [-0.3, -0.25) is 14.6 Å². The van der Waals surface area contributed by atoms with Crippen molar-refractivity contribution in [2.45, 2.75) is 12.3 Å². The van der Waals surface area contributed by atoms with Gasteiger partial charge in [0.2, 0.25) is 11.5 Å². The van der Waals surface area contributed by atoms with Crippen molar-refractivity contribution < 1.29 is 33.3 Å². The van der Waals surface area contributed by atoms with E-state index in [4.69, 9.17) is 23.7 Å². The van der Waals surface area contributed by atoms with Crippen LogP contribution in [0.5, 0.6) is 28.7 Å². The largest absolute Gasteiger partial charge is 0.493 e. The first-order valence-corrected chi connectivity index (χ1v) is 10.6. The Balaban J connectivity index is 1.61. The molecule has 0 fully saturated rings. The van der Waals surface area contributed by atoms with Gasteiger partial charge in [-0.1, -0.05) is 6.07 Å². The smallest absolute Gasteiger partial charge is 0.312 e. The van der Waals surface area contributed by atoms with E-state index in [1.54, 1.807) is 48.8 Å². The number of carbonyl (C=O) groups excluding carboxylic acids is 2. The summed E-state index contributed by atoms with van der Waals surface area (Å²) in [6.07, 6.45) is 5.09. The molecule has 8 nitrogen and oxygen atoms in total. The number of hydrogen-bond donors (Lipinski definition) is 0. The third-order valence-electron chi connectivity index (χ3n) is 5.89. The molecule has 3 heterocycles. The van der Waals surface area contributed by atoms with Crippen LogP contribution >= 0.6 is 0 Å². The zero-order valence-electron chi connectivity index (χ0n) is 18.8. The van der Waals surface area contributed by atoms with E-state index in [1.807, 2.05) is 6.07 Å². The van der Waals surface area contributed by atoms with Crippen LogP contribution in [0.15, 0.2) is 54.6 Å². The molecule has 0 spiro atoms. The number of carbonyl (C=O) groups is 2. The molecule has 0 aliphatic carbocycles. The lowest BCUT2D eigenvalue weighted by Gasteiger charge is -2.26. The van der Waals surface area contributed by atoms with Crippen molar-refractivity contribution in [2.24, 2.45) is 0 Å². The van der Waals surface area contributed by atoms with Gasteiger partial charge in [0.25, 0.3) is 0 Å². The average Bonchev–Trinajstić information content (AvgIpc) is 3.18. The predicted molar refractivity (Wildman–Crippen MR) is 122 cm³/mol. The van der Waals surface area contributed by atoms with Gasteiger partial charge in [0, 0.05) is 29.4 Å². The van der Waals surface area contributed by atoms with Crippen LogP contribution in [0.2, 0.25) is 0 Å². The van der Waals surface area contributed by atoms with Crippen molar-refractivity contribution in [1.82, 2.24) is 4.98 Å². The molecule has 0 saturated heterocycles. The molecule has 5 rings (SSSR count). The van der Waals surface area contributed by atoms with Gasteiger partial charge in [0.15, 0.2) is 17.3 Å². The highest BCUT2D eigenvalue weighted by Gasteiger charge is 2.38. The zero-order chi connectivity index (χ0) is 23.8. The van der Waals surface area contributed by atoms with Crippen molar-refractivity contribution in [3.8, 4) is 28.7 Å². The molecular formula is C26H21NO7. The Bertz CT molecular complexity index is 1330. The molecule has 2 aliphatic rings. The normalized spacial score (nSPS) is 17.5. The average molecular weight is 459 g/mol. The maximum absolute atomic E-state index is 13.3. The van der Waals surface area contributed by atoms with E-state index in [-0.39, 0.29) is 29.9 Å². The van der Waals surface area contributed by atoms with Crippen molar-refractivity contribution in [3.05, 3.63) is 76.8 Å². The minimum Gasteiger partial charge on any atom is -0.493 e. The van der Waals surface area contributed by atoms with E-state index >= 15 is 0 Å². The van der Waals surface area contributed by atoms with E-state index in [0.717, 1.165) is 5.56 Å². The minimum absolute atomic E-state index is 0.120. The van der Waals surface area contributed by atoms with Crippen LogP contribution in [0.3, 0.4) is 0 Å².